The van der Waals surface area contributed by atoms with Crippen molar-refractivity contribution >= 4 is 22.5 Å². The summed E-state index contributed by atoms with van der Waals surface area (Å²) in [7, 11) is 0. The third-order valence-corrected chi connectivity index (χ3v) is 5.60. The third-order valence-electron chi connectivity index (χ3n) is 5.60. The minimum atomic E-state index is -0.894. The molecular weight excluding hydrogens is 368 g/mol. The van der Waals surface area contributed by atoms with Gasteiger partial charge in [-0.2, -0.15) is 0 Å². The highest BCUT2D eigenvalue weighted by Gasteiger charge is 2.50. The van der Waals surface area contributed by atoms with Crippen molar-refractivity contribution in [2.75, 3.05) is 0 Å². The van der Waals surface area contributed by atoms with Gasteiger partial charge < -0.3 is 9.15 Å². The van der Waals surface area contributed by atoms with Gasteiger partial charge in [0.05, 0.1) is 11.8 Å². The van der Waals surface area contributed by atoms with Gasteiger partial charge in [0.2, 0.25) is 0 Å². The molecule has 0 saturated carbocycles. The molecule has 5 nitrogen and oxygen atoms in total. The Bertz CT molecular complexity index is 1050. The van der Waals surface area contributed by atoms with E-state index < -0.39 is 23.1 Å². The van der Waals surface area contributed by atoms with Gasteiger partial charge in [-0.1, -0.05) is 19.9 Å². The van der Waals surface area contributed by atoms with Crippen molar-refractivity contribution in [1.29, 1.82) is 0 Å². The first-order chi connectivity index (χ1) is 13.5. The van der Waals surface area contributed by atoms with E-state index in [1.54, 1.807) is 25.1 Å². The number of fused-ring (bicyclic) bond motifs is 2. The van der Waals surface area contributed by atoms with Crippen molar-refractivity contribution in [3.63, 3.8) is 0 Å². The SMILES string of the molecule is CC=C(C)C(=O)[C@@H]1[C@@H](C(=O)CC(C)C)c2cc3ccc(=O)oc3cc2OC1(C)C. The lowest BCUT2D eigenvalue weighted by Gasteiger charge is -2.44. The van der Waals surface area contributed by atoms with E-state index in [1.165, 1.54) is 6.07 Å². The van der Waals surface area contributed by atoms with Crippen LogP contribution in [0.5, 0.6) is 5.75 Å². The largest absolute Gasteiger partial charge is 0.487 e. The van der Waals surface area contributed by atoms with E-state index in [0.717, 1.165) is 0 Å². The molecule has 1 aliphatic rings. The number of carbonyl (C=O) groups excluding carboxylic acids is 2. The zero-order valence-corrected chi connectivity index (χ0v) is 17.9. The maximum absolute atomic E-state index is 13.4. The van der Waals surface area contributed by atoms with Crippen LogP contribution in [0.2, 0.25) is 0 Å². The first-order valence-corrected chi connectivity index (χ1v) is 10.0. The number of benzene rings is 1. The van der Waals surface area contributed by atoms with Gasteiger partial charge in [-0.15, -0.1) is 0 Å². The van der Waals surface area contributed by atoms with Gasteiger partial charge in [0.1, 0.15) is 22.7 Å². The molecule has 154 valence electrons. The molecule has 1 aromatic carbocycles. The Balaban J connectivity index is 2.26. The number of Topliss-reactive ketones (excluding diaryl/α,β-unsaturated/α-hetero) is 2. The Labute approximate surface area is 170 Å². The molecule has 0 unspecified atom stereocenters. The monoisotopic (exact) mass is 396 g/mol. The Morgan fingerprint density at radius 2 is 1.90 bits per heavy atom. The van der Waals surface area contributed by atoms with E-state index in [2.05, 4.69) is 0 Å². The summed E-state index contributed by atoms with van der Waals surface area (Å²) in [5.41, 5.74) is 0.352. The zero-order chi connectivity index (χ0) is 21.5. The van der Waals surface area contributed by atoms with Gasteiger partial charge in [0.25, 0.3) is 0 Å². The molecule has 1 aromatic heterocycles. The average Bonchev–Trinajstić information content (AvgIpc) is 2.63. The number of rotatable bonds is 5. The second kappa shape index (κ2) is 7.62. The summed E-state index contributed by atoms with van der Waals surface area (Å²) in [5, 5.41) is 0.697. The minimum Gasteiger partial charge on any atom is -0.487 e. The van der Waals surface area contributed by atoms with Crippen LogP contribution in [0.3, 0.4) is 0 Å². The lowest BCUT2D eigenvalue weighted by Crippen LogP contribution is -2.50. The Morgan fingerprint density at radius 1 is 1.21 bits per heavy atom. The number of ether oxygens (including phenoxy) is 1. The van der Waals surface area contributed by atoms with Crippen molar-refractivity contribution in [2.24, 2.45) is 11.8 Å². The highest BCUT2D eigenvalue weighted by molar-refractivity contribution is 6.03. The summed E-state index contributed by atoms with van der Waals surface area (Å²) in [4.78, 5) is 38.3. The topological polar surface area (TPSA) is 73.6 Å². The fourth-order valence-electron chi connectivity index (χ4n) is 4.12. The number of allylic oxidation sites excluding steroid dienone is 2. The minimum absolute atomic E-state index is 0.0246. The summed E-state index contributed by atoms with van der Waals surface area (Å²) in [5.74, 6) is -0.642. The summed E-state index contributed by atoms with van der Waals surface area (Å²) in [6.45, 7) is 11.2. The molecule has 3 rings (SSSR count). The second-order valence-electron chi connectivity index (χ2n) is 8.74. The number of hydrogen-bond donors (Lipinski definition) is 0. The highest BCUT2D eigenvalue weighted by atomic mass is 16.5. The Hall–Kier alpha value is -2.69. The molecular formula is C24H28O5. The number of ketones is 2. The van der Waals surface area contributed by atoms with E-state index in [1.807, 2.05) is 40.7 Å². The lowest BCUT2D eigenvalue weighted by atomic mass is 9.68. The molecule has 0 N–H and O–H groups in total. The fraction of sp³-hybridized carbons (Fsp3) is 0.458. The molecule has 0 amide bonds. The molecule has 0 spiro atoms. The predicted octanol–water partition coefficient (Wildman–Crippen LogP) is 4.81. The van der Waals surface area contributed by atoms with Gasteiger partial charge in [-0.05, 0) is 51.3 Å². The zero-order valence-electron chi connectivity index (χ0n) is 17.9. The van der Waals surface area contributed by atoms with Gasteiger partial charge in [0, 0.05) is 29.5 Å². The van der Waals surface area contributed by atoms with Gasteiger partial charge in [-0.3, -0.25) is 9.59 Å². The summed E-state index contributed by atoms with van der Waals surface area (Å²) in [6.07, 6.45) is 2.15. The van der Waals surface area contributed by atoms with Gasteiger partial charge >= 0.3 is 5.63 Å². The molecule has 0 bridgehead atoms. The van der Waals surface area contributed by atoms with Crippen LogP contribution >= 0.6 is 0 Å². The molecule has 0 fully saturated rings. The van der Waals surface area contributed by atoms with Crippen LogP contribution in [-0.4, -0.2) is 17.2 Å². The summed E-state index contributed by atoms with van der Waals surface area (Å²) in [6, 6.07) is 6.49. The molecule has 2 heterocycles. The van der Waals surface area contributed by atoms with Crippen molar-refractivity contribution in [3.8, 4) is 5.75 Å². The first-order valence-electron chi connectivity index (χ1n) is 10.0. The number of hydrogen-bond acceptors (Lipinski definition) is 5. The van der Waals surface area contributed by atoms with Crippen molar-refractivity contribution in [1.82, 2.24) is 0 Å². The predicted molar refractivity (Wildman–Crippen MR) is 112 cm³/mol. The Kier molecular flexibility index (Phi) is 5.52. The highest BCUT2D eigenvalue weighted by Crippen LogP contribution is 2.48. The molecule has 29 heavy (non-hydrogen) atoms. The fourth-order valence-corrected chi connectivity index (χ4v) is 4.12. The van der Waals surface area contributed by atoms with E-state index in [9.17, 15) is 14.4 Å². The Morgan fingerprint density at radius 3 is 2.52 bits per heavy atom. The molecule has 2 atom stereocenters. The van der Waals surface area contributed by atoms with Gasteiger partial charge in [0.15, 0.2) is 5.78 Å². The molecule has 0 aliphatic carbocycles. The van der Waals surface area contributed by atoms with Crippen LogP contribution in [0.25, 0.3) is 11.0 Å². The van der Waals surface area contributed by atoms with Crippen LogP contribution in [0.1, 0.15) is 59.4 Å². The molecule has 0 radical (unpaired) electrons. The second-order valence-corrected chi connectivity index (χ2v) is 8.74. The molecule has 5 heteroatoms. The maximum atomic E-state index is 13.4. The molecule has 2 aromatic rings. The van der Waals surface area contributed by atoms with Crippen molar-refractivity contribution in [2.45, 2.75) is 59.5 Å². The van der Waals surface area contributed by atoms with E-state index in [-0.39, 0.29) is 17.5 Å². The van der Waals surface area contributed by atoms with E-state index >= 15 is 0 Å². The van der Waals surface area contributed by atoms with Crippen LogP contribution in [0, 0.1) is 11.8 Å². The standard InChI is InChI=1S/C24H28O5/c1-7-14(4)23(27)22-21(17(25)10-13(2)3)16-11-15-8-9-20(26)28-18(15)12-19(16)29-24(22,5)6/h7-9,11-13,21-22H,10H2,1-6H3/t21-,22+/m1/s1. The quantitative estimate of drug-likeness (QED) is 0.535. The molecule has 1 aliphatic heterocycles. The normalized spacial score (nSPS) is 21.0. The lowest BCUT2D eigenvalue weighted by molar-refractivity contribution is -0.136. The van der Waals surface area contributed by atoms with Crippen LogP contribution in [0.15, 0.2) is 45.1 Å². The average molecular weight is 396 g/mol. The van der Waals surface area contributed by atoms with Crippen molar-refractivity contribution in [3.05, 3.63) is 51.9 Å². The maximum Gasteiger partial charge on any atom is 0.336 e. The first kappa shape index (κ1) is 21.0. The van der Waals surface area contributed by atoms with E-state index in [4.69, 9.17) is 9.15 Å². The van der Waals surface area contributed by atoms with Crippen LogP contribution in [0.4, 0.5) is 0 Å². The summed E-state index contributed by atoms with van der Waals surface area (Å²) >= 11 is 0. The summed E-state index contributed by atoms with van der Waals surface area (Å²) < 4.78 is 11.5. The van der Waals surface area contributed by atoms with Crippen molar-refractivity contribution < 1.29 is 18.7 Å². The van der Waals surface area contributed by atoms with Gasteiger partial charge in [-0.25, -0.2) is 4.79 Å². The van der Waals surface area contributed by atoms with Crippen LogP contribution < -0.4 is 10.4 Å². The number of carbonyl (C=O) groups is 2. The van der Waals surface area contributed by atoms with E-state index in [0.29, 0.717) is 34.3 Å². The molecule has 0 saturated heterocycles. The smallest absolute Gasteiger partial charge is 0.336 e. The third kappa shape index (κ3) is 3.91. The van der Waals surface area contributed by atoms with Crippen LogP contribution in [-0.2, 0) is 9.59 Å².